The van der Waals surface area contributed by atoms with Crippen LogP contribution >= 0.6 is 11.6 Å². The third-order valence-electron chi connectivity index (χ3n) is 3.03. The third kappa shape index (κ3) is 3.14. The van der Waals surface area contributed by atoms with Crippen LogP contribution in [0.3, 0.4) is 0 Å². The number of nitrogen functional groups attached to an aromatic ring is 1. The van der Waals surface area contributed by atoms with E-state index in [4.69, 9.17) is 27.2 Å². The van der Waals surface area contributed by atoms with Crippen molar-refractivity contribution >= 4 is 23.4 Å². The number of nitrogens with one attached hydrogen (secondary N) is 1. The maximum Gasteiger partial charge on any atom is 0.341 e. The highest BCUT2D eigenvalue weighted by molar-refractivity contribution is 6.31. The highest BCUT2D eigenvalue weighted by atomic mass is 35.5. The Balaban J connectivity index is 2.84. The minimum atomic E-state index is -1.22. The molecule has 0 atom stereocenters. The molecule has 0 unspecified atom stereocenters. The average Bonchev–Trinajstić information content (AvgIpc) is 2.52. The summed E-state index contributed by atoms with van der Waals surface area (Å²) in [5.74, 6) is -1.40. The molecule has 0 aliphatic carbocycles. The van der Waals surface area contributed by atoms with Gasteiger partial charge < -0.3 is 20.6 Å². The van der Waals surface area contributed by atoms with Gasteiger partial charge in [0.2, 0.25) is 0 Å². The quantitative estimate of drug-likeness (QED) is 0.759. The van der Waals surface area contributed by atoms with Gasteiger partial charge in [-0.25, -0.2) is 4.79 Å². The van der Waals surface area contributed by atoms with Crippen molar-refractivity contribution in [3.05, 3.63) is 44.7 Å². The maximum absolute atomic E-state index is 12.0. The second kappa shape index (κ2) is 6.73. The number of benzene rings is 1. The van der Waals surface area contributed by atoms with Crippen LogP contribution in [0.2, 0.25) is 5.02 Å². The van der Waals surface area contributed by atoms with Gasteiger partial charge in [-0.15, -0.1) is 0 Å². The monoisotopic (exact) mass is 344 g/mol. The Kier molecular flexibility index (Phi) is 4.73. The number of rotatable bonds is 4. The Morgan fingerprint density at radius 3 is 2.58 bits per heavy atom. The molecule has 0 spiro atoms. The van der Waals surface area contributed by atoms with E-state index in [1.165, 1.54) is 18.2 Å². The fourth-order valence-electron chi connectivity index (χ4n) is 2.08. The molecule has 8 nitrogen and oxygen atoms in total. The zero-order valence-electron chi connectivity index (χ0n) is 12.0. The first-order valence-electron chi connectivity index (χ1n) is 6.39. The third-order valence-corrected chi connectivity index (χ3v) is 3.27. The number of anilines is 1. The van der Waals surface area contributed by atoms with Gasteiger partial charge in [-0.2, -0.15) is 10.5 Å². The lowest BCUT2D eigenvalue weighted by Gasteiger charge is -2.14. The van der Waals surface area contributed by atoms with E-state index in [-0.39, 0.29) is 38.8 Å². The number of nitriles is 2. The lowest BCUT2D eigenvalue weighted by molar-refractivity contribution is -0.139. The van der Waals surface area contributed by atoms with E-state index in [0.717, 1.165) is 0 Å². The number of halogens is 1. The summed E-state index contributed by atoms with van der Waals surface area (Å²) < 4.78 is 5.16. The molecule has 120 valence electrons. The van der Waals surface area contributed by atoms with Crippen molar-refractivity contribution in [1.82, 2.24) is 4.98 Å². The van der Waals surface area contributed by atoms with Crippen molar-refractivity contribution in [2.45, 2.75) is 0 Å². The van der Waals surface area contributed by atoms with E-state index in [1.807, 2.05) is 6.07 Å². The number of pyridine rings is 1. The number of ether oxygens (including phenoxy) is 1. The minimum Gasteiger partial charge on any atom is -0.481 e. The van der Waals surface area contributed by atoms with Crippen LogP contribution in [0, 0.1) is 22.7 Å². The second-order valence-corrected chi connectivity index (χ2v) is 4.98. The lowest BCUT2D eigenvalue weighted by Crippen LogP contribution is -2.17. The van der Waals surface area contributed by atoms with Crippen molar-refractivity contribution < 1.29 is 14.6 Å². The van der Waals surface area contributed by atoms with Gasteiger partial charge in [-0.3, -0.25) is 4.79 Å². The summed E-state index contributed by atoms with van der Waals surface area (Å²) in [5, 5.41) is 27.6. The Bertz CT molecular complexity index is 969. The topological polar surface area (TPSA) is 153 Å². The molecule has 0 bridgehead atoms. The van der Waals surface area contributed by atoms with Crippen molar-refractivity contribution in [2.75, 3.05) is 12.3 Å². The molecule has 0 fully saturated rings. The van der Waals surface area contributed by atoms with Crippen molar-refractivity contribution in [2.24, 2.45) is 0 Å². The smallest absolute Gasteiger partial charge is 0.341 e. The van der Waals surface area contributed by atoms with Crippen molar-refractivity contribution in [3.8, 4) is 29.0 Å². The summed E-state index contributed by atoms with van der Waals surface area (Å²) in [5.41, 5.74) is 4.42. The van der Waals surface area contributed by atoms with Gasteiger partial charge in [-0.1, -0.05) is 11.6 Å². The highest BCUT2D eigenvalue weighted by Crippen LogP contribution is 2.37. The molecule has 24 heavy (non-hydrogen) atoms. The Hall–Kier alpha value is -3.49. The zero-order chi connectivity index (χ0) is 17.9. The molecule has 0 aliphatic rings. The summed E-state index contributed by atoms with van der Waals surface area (Å²) in [6.45, 7) is -0.656. The molecule has 4 N–H and O–H groups in total. The number of carboxylic acids is 1. The van der Waals surface area contributed by atoms with Gasteiger partial charge in [0, 0.05) is 16.1 Å². The number of aliphatic carboxylic acids is 1. The predicted molar refractivity (Wildman–Crippen MR) is 84.5 cm³/mol. The molecule has 2 rings (SSSR count). The number of hydrogen-bond acceptors (Lipinski definition) is 6. The van der Waals surface area contributed by atoms with Crippen LogP contribution < -0.4 is 16.0 Å². The Labute approximate surface area is 140 Å². The van der Waals surface area contributed by atoms with Crippen molar-refractivity contribution in [1.29, 1.82) is 10.5 Å². The summed E-state index contributed by atoms with van der Waals surface area (Å²) in [4.78, 5) is 24.9. The Morgan fingerprint density at radius 2 is 2.00 bits per heavy atom. The predicted octanol–water partition coefficient (Wildman–Crippen LogP) is 1.48. The number of carboxylic acid groups (broad SMARTS) is 1. The van der Waals surface area contributed by atoms with E-state index in [2.05, 4.69) is 4.98 Å². The highest BCUT2D eigenvalue weighted by Gasteiger charge is 2.21. The molecule has 1 aromatic carbocycles. The summed E-state index contributed by atoms with van der Waals surface area (Å²) in [6, 6.07) is 7.70. The van der Waals surface area contributed by atoms with E-state index in [1.54, 1.807) is 6.07 Å². The molecule has 0 radical (unpaired) electrons. The van der Waals surface area contributed by atoms with E-state index < -0.39 is 18.1 Å². The minimum absolute atomic E-state index is 0.0415. The first-order valence-corrected chi connectivity index (χ1v) is 6.77. The number of nitrogens with two attached hydrogens (primary N) is 1. The standard InChI is InChI=1S/C15H9ClN4O4/c16-7-1-2-11(24-6-12(21)22)8(3-7)13-9(4-17)14(19)20-15(23)10(13)5-18/h1-3H,6H2,(H,21,22)(H3,19,20,23). The van der Waals surface area contributed by atoms with Crippen LogP contribution in [0.25, 0.3) is 11.1 Å². The number of carbonyl (C=O) groups is 1. The van der Waals surface area contributed by atoms with Gasteiger partial charge in [0.25, 0.3) is 5.56 Å². The number of H-pyrrole nitrogens is 1. The van der Waals surface area contributed by atoms with E-state index >= 15 is 0 Å². The molecular weight excluding hydrogens is 336 g/mol. The molecule has 0 amide bonds. The number of hydrogen-bond donors (Lipinski definition) is 3. The largest absolute Gasteiger partial charge is 0.481 e. The fraction of sp³-hybridized carbons (Fsp3) is 0.0667. The fourth-order valence-corrected chi connectivity index (χ4v) is 2.25. The number of aromatic amines is 1. The van der Waals surface area contributed by atoms with Gasteiger partial charge in [0.1, 0.15) is 34.8 Å². The summed E-state index contributed by atoms with van der Waals surface area (Å²) in [7, 11) is 0. The Morgan fingerprint density at radius 1 is 1.33 bits per heavy atom. The van der Waals surface area contributed by atoms with Crippen molar-refractivity contribution in [3.63, 3.8) is 0 Å². The van der Waals surface area contributed by atoms with Crippen LogP contribution in [0.5, 0.6) is 5.75 Å². The van der Waals surface area contributed by atoms with Gasteiger partial charge in [0.15, 0.2) is 6.61 Å². The molecule has 0 saturated carbocycles. The second-order valence-electron chi connectivity index (χ2n) is 4.54. The van der Waals surface area contributed by atoms with E-state index in [0.29, 0.717) is 0 Å². The van der Waals surface area contributed by atoms with Gasteiger partial charge in [0.05, 0.1) is 0 Å². The summed E-state index contributed by atoms with van der Waals surface area (Å²) >= 11 is 5.95. The number of nitrogens with zero attached hydrogens (tertiary/aromatic N) is 2. The molecular formula is C15H9ClN4O4. The first kappa shape index (κ1) is 16.9. The van der Waals surface area contributed by atoms with Crippen LogP contribution in [0.1, 0.15) is 11.1 Å². The van der Waals surface area contributed by atoms with Gasteiger partial charge >= 0.3 is 5.97 Å². The van der Waals surface area contributed by atoms with Crippen LogP contribution in [0.4, 0.5) is 5.82 Å². The lowest BCUT2D eigenvalue weighted by atomic mass is 9.96. The molecule has 9 heteroatoms. The molecule has 0 aliphatic heterocycles. The normalized spacial score (nSPS) is 9.79. The molecule has 2 aromatic rings. The summed E-state index contributed by atoms with van der Waals surface area (Å²) in [6.07, 6.45) is 0. The van der Waals surface area contributed by atoms with Crippen LogP contribution in [-0.4, -0.2) is 22.7 Å². The maximum atomic E-state index is 12.0. The van der Waals surface area contributed by atoms with Gasteiger partial charge in [-0.05, 0) is 18.2 Å². The van der Waals surface area contributed by atoms with Crippen LogP contribution in [0.15, 0.2) is 23.0 Å². The zero-order valence-corrected chi connectivity index (χ0v) is 12.7. The molecule has 1 heterocycles. The average molecular weight is 345 g/mol. The van der Waals surface area contributed by atoms with E-state index in [9.17, 15) is 20.1 Å². The van der Waals surface area contributed by atoms with Crippen LogP contribution in [-0.2, 0) is 4.79 Å². The SMILES string of the molecule is N#Cc1c(N)[nH]c(=O)c(C#N)c1-c1cc(Cl)ccc1OCC(=O)O. The number of aromatic nitrogens is 1. The first-order chi connectivity index (χ1) is 11.4. The molecule has 0 saturated heterocycles. The molecule has 1 aromatic heterocycles.